The smallest absolute Gasteiger partial charge is 0.417 e. The van der Waals surface area contributed by atoms with E-state index in [1.54, 1.807) is 11.1 Å². The highest BCUT2D eigenvalue weighted by atomic mass is 79.9. The number of anilines is 1. The van der Waals surface area contributed by atoms with Crippen molar-refractivity contribution < 1.29 is 19.1 Å². The van der Waals surface area contributed by atoms with E-state index >= 15 is 0 Å². The van der Waals surface area contributed by atoms with Crippen molar-refractivity contribution >= 4 is 45.0 Å². The summed E-state index contributed by atoms with van der Waals surface area (Å²) in [4.78, 5) is 37.9. The number of amides is 2. The molecule has 1 aliphatic heterocycles. The number of rotatable bonds is 2. The molecule has 32 heavy (non-hydrogen) atoms. The number of nitrogens with zero attached hydrogens (tertiary/aromatic N) is 4. The lowest BCUT2D eigenvalue weighted by Crippen LogP contribution is -2.51. The lowest BCUT2D eigenvalue weighted by molar-refractivity contribution is 0.0200. The lowest BCUT2D eigenvalue weighted by Gasteiger charge is -2.38. The number of fused-ring (bicyclic) bond motifs is 1. The van der Waals surface area contributed by atoms with Gasteiger partial charge in [0.25, 0.3) is 0 Å². The summed E-state index contributed by atoms with van der Waals surface area (Å²) >= 11 is 3.45. The number of carbonyl (C=O) groups excluding carboxylic acids is 2. The summed E-state index contributed by atoms with van der Waals surface area (Å²) in [6, 6.07) is 5.51. The van der Waals surface area contributed by atoms with E-state index in [1.807, 2.05) is 59.7 Å². The highest BCUT2D eigenvalue weighted by Gasteiger charge is 2.36. The molecule has 0 atom stereocenters. The maximum Gasteiger partial charge on any atom is 0.417 e. The van der Waals surface area contributed by atoms with Crippen LogP contribution in [0.1, 0.15) is 54.4 Å². The van der Waals surface area contributed by atoms with Crippen molar-refractivity contribution in [2.75, 3.05) is 18.0 Å². The van der Waals surface area contributed by atoms with Crippen LogP contribution >= 0.6 is 15.9 Å². The molecule has 2 aromatic rings. The van der Waals surface area contributed by atoms with Crippen molar-refractivity contribution in [3.63, 3.8) is 0 Å². The Labute approximate surface area is 197 Å². The largest absolute Gasteiger partial charge is 0.444 e. The zero-order chi connectivity index (χ0) is 23.7. The molecule has 3 rings (SSSR count). The molecule has 1 saturated heterocycles. The van der Waals surface area contributed by atoms with E-state index < -0.39 is 17.3 Å². The average molecular weight is 507 g/mol. The molecular formula is C23H31BrN4O4. The minimum Gasteiger partial charge on any atom is -0.444 e. The van der Waals surface area contributed by atoms with Gasteiger partial charge in [-0.2, -0.15) is 0 Å². The van der Waals surface area contributed by atoms with Gasteiger partial charge in [-0.3, -0.25) is 0 Å². The monoisotopic (exact) mass is 506 g/mol. The third-order valence-corrected chi connectivity index (χ3v) is 5.31. The second kappa shape index (κ2) is 9.21. The molecular weight excluding hydrogens is 476 g/mol. The molecule has 2 heterocycles. The van der Waals surface area contributed by atoms with Gasteiger partial charge in [0.05, 0.1) is 5.52 Å². The van der Waals surface area contributed by atoms with Crippen LogP contribution in [0.3, 0.4) is 0 Å². The molecule has 0 N–H and O–H groups in total. The number of benzene rings is 1. The van der Waals surface area contributed by atoms with Crippen LogP contribution in [-0.4, -0.2) is 57.4 Å². The number of hydrogen-bond donors (Lipinski definition) is 0. The highest BCUT2D eigenvalue weighted by molar-refractivity contribution is 9.10. The second-order valence-corrected chi connectivity index (χ2v) is 10.8. The summed E-state index contributed by atoms with van der Waals surface area (Å²) in [7, 11) is 0. The van der Waals surface area contributed by atoms with Gasteiger partial charge in [0, 0.05) is 35.2 Å². The summed E-state index contributed by atoms with van der Waals surface area (Å²) in [5.41, 5.74) is -0.475. The Morgan fingerprint density at radius 1 is 1.06 bits per heavy atom. The van der Waals surface area contributed by atoms with Gasteiger partial charge in [0.15, 0.2) is 0 Å². The van der Waals surface area contributed by atoms with E-state index in [4.69, 9.17) is 9.47 Å². The van der Waals surface area contributed by atoms with Gasteiger partial charge >= 0.3 is 12.2 Å². The number of carbonyl (C=O) groups is 2. The van der Waals surface area contributed by atoms with Gasteiger partial charge < -0.3 is 14.4 Å². The molecule has 1 fully saturated rings. The average Bonchev–Trinajstić information content (AvgIpc) is 2.66. The van der Waals surface area contributed by atoms with Gasteiger partial charge in [-0.05, 0) is 72.6 Å². The van der Waals surface area contributed by atoms with E-state index in [0.29, 0.717) is 31.9 Å². The van der Waals surface area contributed by atoms with Crippen molar-refractivity contribution in [2.45, 2.75) is 71.6 Å². The van der Waals surface area contributed by atoms with Crippen molar-refractivity contribution in [2.24, 2.45) is 0 Å². The fraction of sp³-hybridized carbons (Fsp3) is 0.565. The number of halogens is 1. The van der Waals surface area contributed by atoms with Crippen LogP contribution in [0.4, 0.5) is 15.5 Å². The molecule has 0 unspecified atom stereocenters. The third kappa shape index (κ3) is 6.31. The van der Waals surface area contributed by atoms with Crippen molar-refractivity contribution in [1.82, 2.24) is 14.9 Å². The van der Waals surface area contributed by atoms with Crippen LogP contribution in [0, 0.1) is 0 Å². The fourth-order valence-corrected chi connectivity index (χ4v) is 3.83. The molecule has 8 nitrogen and oxygen atoms in total. The summed E-state index contributed by atoms with van der Waals surface area (Å²) in [6.07, 6.45) is 2.01. The first kappa shape index (κ1) is 24.2. The number of ether oxygens (including phenoxy) is 2. The van der Waals surface area contributed by atoms with Gasteiger partial charge in [-0.1, -0.05) is 15.9 Å². The van der Waals surface area contributed by atoms with Crippen LogP contribution < -0.4 is 4.90 Å². The molecule has 1 aliphatic rings. The van der Waals surface area contributed by atoms with Gasteiger partial charge in [-0.25, -0.2) is 24.5 Å². The van der Waals surface area contributed by atoms with Gasteiger partial charge in [0.2, 0.25) is 5.95 Å². The van der Waals surface area contributed by atoms with E-state index in [-0.39, 0.29) is 12.1 Å². The fourth-order valence-electron chi connectivity index (χ4n) is 3.45. The summed E-state index contributed by atoms with van der Waals surface area (Å²) < 4.78 is 12.1. The molecule has 174 valence electrons. The Morgan fingerprint density at radius 3 is 2.28 bits per heavy atom. The number of likely N-dealkylation sites (tertiary alicyclic amines) is 1. The Balaban J connectivity index is 1.84. The Morgan fingerprint density at radius 2 is 1.69 bits per heavy atom. The Hall–Kier alpha value is -2.42. The van der Waals surface area contributed by atoms with Crippen LogP contribution in [0.5, 0.6) is 0 Å². The summed E-state index contributed by atoms with van der Waals surface area (Å²) in [5.74, 6) is 0.296. The van der Waals surface area contributed by atoms with Gasteiger partial charge in [0.1, 0.15) is 11.2 Å². The first-order chi connectivity index (χ1) is 14.8. The van der Waals surface area contributed by atoms with Crippen molar-refractivity contribution in [3.8, 4) is 0 Å². The van der Waals surface area contributed by atoms with E-state index in [1.165, 1.54) is 4.90 Å². The zero-order valence-electron chi connectivity index (χ0n) is 19.5. The van der Waals surface area contributed by atoms with E-state index in [2.05, 4.69) is 25.9 Å². The first-order valence-electron chi connectivity index (χ1n) is 10.7. The maximum absolute atomic E-state index is 13.2. The van der Waals surface area contributed by atoms with Crippen LogP contribution in [0.15, 0.2) is 28.9 Å². The van der Waals surface area contributed by atoms with Crippen LogP contribution in [-0.2, 0) is 9.47 Å². The lowest BCUT2D eigenvalue weighted by atomic mass is 10.0. The zero-order valence-corrected chi connectivity index (χ0v) is 21.1. The standard InChI is InChI=1S/C23H31BrN4O4/c1-22(2,3)31-20(29)27-11-9-17(10-12-27)28(21(30)32-23(4,5)6)19-25-14-15-13-16(24)7-8-18(15)26-19/h7-8,13-14,17H,9-12H2,1-6H3. The second-order valence-electron chi connectivity index (χ2n) is 9.92. The summed E-state index contributed by atoms with van der Waals surface area (Å²) in [5, 5.41) is 0.868. The predicted molar refractivity (Wildman–Crippen MR) is 127 cm³/mol. The molecule has 9 heteroatoms. The number of hydrogen-bond acceptors (Lipinski definition) is 6. The topological polar surface area (TPSA) is 84.9 Å². The molecule has 2 amide bonds. The summed E-state index contributed by atoms with van der Waals surface area (Å²) in [6.45, 7) is 12.0. The van der Waals surface area contributed by atoms with Gasteiger partial charge in [-0.15, -0.1) is 0 Å². The molecule has 0 aliphatic carbocycles. The minimum absolute atomic E-state index is 0.198. The normalized spacial score (nSPS) is 15.5. The van der Waals surface area contributed by atoms with Crippen molar-refractivity contribution in [3.05, 3.63) is 28.9 Å². The molecule has 0 spiro atoms. The SMILES string of the molecule is CC(C)(C)OC(=O)N1CCC(N(C(=O)OC(C)(C)C)c2ncc3cc(Br)ccc3n2)CC1. The number of piperidine rings is 1. The third-order valence-electron chi connectivity index (χ3n) is 4.82. The molecule has 0 radical (unpaired) electrons. The molecule has 1 aromatic heterocycles. The molecule has 1 aromatic carbocycles. The Bertz CT molecular complexity index is 992. The predicted octanol–water partition coefficient (Wildman–Crippen LogP) is 5.53. The van der Waals surface area contributed by atoms with Crippen LogP contribution in [0.25, 0.3) is 10.9 Å². The quantitative estimate of drug-likeness (QED) is 0.531. The highest BCUT2D eigenvalue weighted by Crippen LogP contribution is 2.27. The molecule has 0 bridgehead atoms. The molecule has 0 saturated carbocycles. The maximum atomic E-state index is 13.2. The number of aromatic nitrogens is 2. The van der Waals surface area contributed by atoms with E-state index in [9.17, 15) is 9.59 Å². The van der Waals surface area contributed by atoms with Crippen LogP contribution in [0.2, 0.25) is 0 Å². The minimum atomic E-state index is -0.658. The Kier molecular flexibility index (Phi) is 6.97. The van der Waals surface area contributed by atoms with E-state index in [0.717, 1.165) is 15.4 Å². The first-order valence-corrected chi connectivity index (χ1v) is 11.5. The van der Waals surface area contributed by atoms with Crippen molar-refractivity contribution in [1.29, 1.82) is 0 Å².